The second-order valence-electron chi connectivity index (χ2n) is 4.95. The van der Waals surface area contributed by atoms with E-state index in [2.05, 4.69) is 4.98 Å². The molecule has 1 aliphatic rings. The fraction of sp³-hybridized carbons (Fsp3) is 0.538. The highest BCUT2D eigenvalue weighted by molar-refractivity contribution is 5.97. The van der Waals surface area contributed by atoms with E-state index in [4.69, 9.17) is 10.5 Å². The molecule has 1 saturated heterocycles. The topological polar surface area (TPSA) is 68.4 Å². The van der Waals surface area contributed by atoms with E-state index in [9.17, 15) is 18.0 Å². The van der Waals surface area contributed by atoms with Gasteiger partial charge in [0.05, 0.1) is 11.7 Å². The number of rotatable bonds is 4. The molecule has 2 N–H and O–H groups in total. The maximum absolute atomic E-state index is 12.7. The minimum absolute atomic E-state index is 0.0384. The number of aromatic nitrogens is 1. The molecule has 2 heterocycles. The van der Waals surface area contributed by atoms with Gasteiger partial charge in [0.15, 0.2) is 0 Å². The molecule has 1 amide bonds. The largest absolute Gasteiger partial charge is 0.433 e. The van der Waals surface area contributed by atoms with Crippen molar-refractivity contribution in [2.75, 3.05) is 25.1 Å². The standard InChI is InChI=1S/C13H16F3N3O2/c1-19(7-8-3-2-6-21-8)12-9(11(17)20)4-5-10(18-12)13(14,15)16/h4-5,8H,2-3,6-7H2,1H3,(H2,17,20). The molecule has 1 aromatic heterocycles. The highest BCUT2D eigenvalue weighted by atomic mass is 19.4. The second kappa shape index (κ2) is 5.88. The van der Waals surface area contributed by atoms with Gasteiger partial charge < -0.3 is 15.4 Å². The number of anilines is 1. The van der Waals surface area contributed by atoms with E-state index >= 15 is 0 Å². The molecule has 1 unspecified atom stereocenters. The number of nitrogens with zero attached hydrogens (tertiary/aromatic N) is 2. The van der Waals surface area contributed by atoms with Crippen molar-refractivity contribution in [2.24, 2.45) is 5.73 Å². The van der Waals surface area contributed by atoms with Crippen molar-refractivity contribution in [1.29, 1.82) is 0 Å². The van der Waals surface area contributed by atoms with Crippen molar-refractivity contribution in [3.05, 3.63) is 23.4 Å². The van der Waals surface area contributed by atoms with Crippen molar-refractivity contribution in [1.82, 2.24) is 4.98 Å². The molecule has 1 aliphatic heterocycles. The lowest BCUT2D eigenvalue weighted by molar-refractivity contribution is -0.141. The zero-order valence-corrected chi connectivity index (χ0v) is 11.5. The zero-order chi connectivity index (χ0) is 15.6. The minimum atomic E-state index is -4.57. The molecule has 0 saturated carbocycles. The first-order valence-electron chi connectivity index (χ1n) is 6.50. The number of nitrogens with two attached hydrogens (primary N) is 1. The maximum atomic E-state index is 12.7. The monoisotopic (exact) mass is 303 g/mol. The Morgan fingerprint density at radius 2 is 2.24 bits per heavy atom. The Morgan fingerprint density at radius 3 is 2.76 bits per heavy atom. The Balaban J connectivity index is 2.31. The fourth-order valence-corrected chi connectivity index (χ4v) is 2.27. The smallest absolute Gasteiger partial charge is 0.376 e. The minimum Gasteiger partial charge on any atom is -0.376 e. The highest BCUT2D eigenvalue weighted by Gasteiger charge is 2.34. The van der Waals surface area contributed by atoms with Crippen molar-refractivity contribution in [2.45, 2.75) is 25.1 Å². The quantitative estimate of drug-likeness (QED) is 0.921. The number of likely N-dealkylation sites (N-methyl/N-ethyl adjacent to an activating group) is 1. The average molecular weight is 303 g/mol. The number of hydrogen-bond donors (Lipinski definition) is 1. The molecular weight excluding hydrogens is 287 g/mol. The first-order valence-corrected chi connectivity index (χ1v) is 6.50. The van der Waals surface area contributed by atoms with Crippen molar-refractivity contribution >= 4 is 11.7 Å². The summed E-state index contributed by atoms with van der Waals surface area (Å²) in [6.45, 7) is 0.992. The number of amides is 1. The summed E-state index contributed by atoms with van der Waals surface area (Å²) < 4.78 is 43.7. The van der Waals surface area contributed by atoms with Crippen molar-refractivity contribution in [3.63, 3.8) is 0 Å². The van der Waals surface area contributed by atoms with Crippen LogP contribution >= 0.6 is 0 Å². The molecule has 2 rings (SSSR count). The summed E-state index contributed by atoms with van der Waals surface area (Å²) in [5.41, 5.74) is 4.11. The molecule has 1 aromatic rings. The van der Waals surface area contributed by atoms with Crippen LogP contribution in [0, 0.1) is 0 Å². The molecule has 0 spiro atoms. The van der Waals surface area contributed by atoms with Gasteiger partial charge in [0.1, 0.15) is 11.5 Å². The summed E-state index contributed by atoms with van der Waals surface area (Å²) in [6.07, 6.45) is -2.91. The number of carbonyl (C=O) groups excluding carboxylic acids is 1. The first-order chi connectivity index (χ1) is 9.79. The van der Waals surface area contributed by atoms with Gasteiger partial charge in [0.25, 0.3) is 5.91 Å². The molecular formula is C13H16F3N3O2. The first kappa shape index (κ1) is 15.6. The third-order valence-corrected chi connectivity index (χ3v) is 3.29. The van der Waals surface area contributed by atoms with Crippen molar-refractivity contribution < 1.29 is 22.7 Å². The van der Waals surface area contributed by atoms with Gasteiger partial charge in [0.2, 0.25) is 0 Å². The van der Waals surface area contributed by atoms with Gasteiger partial charge in [-0.05, 0) is 25.0 Å². The van der Waals surface area contributed by atoms with Crippen LogP contribution in [-0.2, 0) is 10.9 Å². The SMILES string of the molecule is CN(CC1CCCO1)c1nc(C(F)(F)F)ccc1C(N)=O. The molecule has 0 aliphatic carbocycles. The summed E-state index contributed by atoms with van der Waals surface area (Å²) in [4.78, 5) is 16.4. The summed E-state index contributed by atoms with van der Waals surface area (Å²) in [5.74, 6) is -0.891. The number of halogens is 3. The molecule has 1 atom stereocenters. The summed E-state index contributed by atoms with van der Waals surface area (Å²) in [5, 5.41) is 0. The van der Waals surface area contributed by atoms with Crippen LogP contribution in [0.5, 0.6) is 0 Å². The lowest BCUT2D eigenvalue weighted by Crippen LogP contribution is -2.32. The van der Waals surface area contributed by atoms with Crippen LogP contribution < -0.4 is 10.6 Å². The second-order valence-corrected chi connectivity index (χ2v) is 4.95. The lowest BCUT2D eigenvalue weighted by atomic mass is 10.2. The van der Waals surface area contributed by atoms with Gasteiger partial charge in [-0.2, -0.15) is 13.2 Å². The molecule has 5 nitrogen and oxygen atoms in total. The van der Waals surface area contributed by atoms with Crippen LogP contribution in [0.2, 0.25) is 0 Å². The number of primary amides is 1. The molecule has 0 aromatic carbocycles. The van der Waals surface area contributed by atoms with E-state index in [1.165, 1.54) is 4.90 Å². The number of pyridine rings is 1. The van der Waals surface area contributed by atoms with Gasteiger partial charge in [-0.3, -0.25) is 4.79 Å². The van der Waals surface area contributed by atoms with Crippen LogP contribution in [-0.4, -0.2) is 37.2 Å². The summed E-state index contributed by atoms with van der Waals surface area (Å²) in [6, 6.07) is 1.81. The van der Waals surface area contributed by atoms with Gasteiger partial charge >= 0.3 is 6.18 Å². The van der Waals surface area contributed by atoms with Crippen LogP contribution in [0.25, 0.3) is 0 Å². The Labute approximate surface area is 119 Å². The van der Waals surface area contributed by atoms with E-state index in [1.807, 2.05) is 0 Å². The molecule has 0 radical (unpaired) electrons. The Morgan fingerprint density at radius 1 is 1.52 bits per heavy atom. The summed E-state index contributed by atoms with van der Waals surface area (Å²) >= 11 is 0. The van der Waals surface area contributed by atoms with Gasteiger partial charge in [0, 0.05) is 20.2 Å². The Hall–Kier alpha value is -1.83. The normalized spacial score (nSPS) is 18.8. The zero-order valence-electron chi connectivity index (χ0n) is 11.5. The molecule has 8 heteroatoms. The number of carbonyl (C=O) groups is 1. The molecule has 1 fully saturated rings. The third-order valence-electron chi connectivity index (χ3n) is 3.29. The maximum Gasteiger partial charge on any atom is 0.433 e. The number of hydrogen-bond acceptors (Lipinski definition) is 4. The Bertz CT molecular complexity index is 528. The van der Waals surface area contributed by atoms with Gasteiger partial charge in [-0.15, -0.1) is 0 Å². The average Bonchev–Trinajstić information content (AvgIpc) is 2.89. The van der Waals surface area contributed by atoms with E-state index in [0.717, 1.165) is 25.0 Å². The van der Waals surface area contributed by atoms with Crippen LogP contribution in [0.15, 0.2) is 12.1 Å². The van der Waals surface area contributed by atoms with E-state index in [-0.39, 0.29) is 17.5 Å². The number of ether oxygens (including phenoxy) is 1. The molecule has 21 heavy (non-hydrogen) atoms. The van der Waals surface area contributed by atoms with Crippen LogP contribution in [0.3, 0.4) is 0 Å². The van der Waals surface area contributed by atoms with Crippen molar-refractivity contribution in [3.8, 4) is 0 Å². The highest BCUT2D eigenvalue weighted by Crippen LogP contribution is 2.30. The Kier molecular flexibility index (Phi) is 4.36. The van der Waals surface area contributed by atoms with Gasteiger partial charge in [-0.25, -0.2) is 4.98 Å². The van der Waals surface area contributed by atoms with E-state index in [1.54, 1.807) is 7.05 Å². The van der Waals surface area contributed by atoms with Gasteiger partial charge in [-0.1, -0.05) is 0 Å². The third kappa shape index (κ3) is 3.63. The van der Waals surface area contributed by atoms with E-state index in [0.29, 0.717) is 13.2 Å². The van der Waals surface area contributed by atoms with Crippen LogP contribution in [0.1, 0.15) is 28.9 Å². The van der Waals surface area contributed by atoms with Crippen LogP contribution in [0.4, 0.5) is 19.0 Å². The van der Waals surface area contributed by atoms with E-state index < -0.39 is 17.8 Å². The molecule has 116 valence electrons. The number of alkyl halides is 3. The predicted molar refractivity (Wildman–Crippen MR) is 70.0 cm³/mol. The lowest BCUT2D eigenvalue weighted by Gasteiger charge is -2.24. The predicted octanol–water partition coefficient (Wildman–Crippen LogP) is 1.81. The summed E-state index contributed by atoms with van der Waals surface area (Å²) in [7, 11) is 1.57. The fourth-order valence-electron chi connectivity index (χ4n) is 2.27. The molecule has 0 bridgehead atoms.